The van der Waals surface area contributed by atoms with E-state index in [9.17, 15) is 9.90 Å². The number of cyclic esters (lactones) is 1. The number of esters is 1. The number of methoxy groups -OCH3 is 2. The standard InChI is InChI=1S/C28H34N4O5/c1-17-13-18(2)32-27(29-17)30-25(31-32)15-22-23(33)16-28(37-26(22)34,20-7-5-6-8-20)12-11-19-9-10-21(35-3)14-24(19)36-4/h9-10,13-14,20,33H,5-8,11-12,15-16H2,1-4H3. The van der Waals surface area contributed by atoms with Crippen LogP contribution in [0.15, 0.2) is 35.6 Å². The van der Waals surface area contributed by atoms with Crippen molar-refractivity contribution in [2.24, 2.45) is 5.92 Å². The number of rotatable bonds is 8. The van der Waals surface area contributed by atoms with Crippen molar-refractivity contribution in [3.8, 4) is 11.5 Å². The van der Waals surface area contributed by atoms with Crippen molar-refractivity contribution in [2.45, 2.75) is 70.8 Å². The Labute approximate surface area is 216 Å². The van der Waals surface area contributed by atoms with Gasteiger partial charge >= 0.3 is 5.97 Å². The maximum atomic E-state index is 13.4. The maximum Gasteiger partial charge on any atom is 0.338 e. The molecule has 1 fully saturated rings. The second kappa shape index (κ2) is 10.0. The molecule has 9 nitrogen and oxygen atoms in total. The lowest BCUT2D eigenvalue weighted by Crippen LogP contribution is -2.46. The van der Waals surface area contributed by atoms with Gasteiger partial charge in [-0.2, -0.15) is 4.98 Å². The number of aryl methyl sites for hydroxylation is 3. The van der Waals surface area contributed by atoms with Gasteiger partial charge in [0.25, 0.3) is 5.78 Å². The Morgan fingerprint density at radius 1 is 1.14 bits per heavy atom. The van der Waals surface area contributed by atoms with Crippen LogP contribution in [-0.4, -0.2) is 50.5 Å². The van der Waals surface area contributed by atoms with E-state index in [0.29, 0.717) is 30.9 Å². The maximum absolute atomic E-state index is 13.4. The summed E-state index contributed by atoms with van der Waals surface area (Å²) in [7, 11) is 3.26. The van der Waals surface area contributed by atoms with Gasteiger partial charge in [0.15, 0.2) is 5.82 Å². The zero-order valence-electron chi connectivity index (χ0n) is 21.9. The molecule has 3 aromatic rings. The fourth-order valence-electron chi connectivity index (χ4n) is 5.83. The lowest BCUT2D eigenvalue weighted by molar-refractivity contribution is -0.167. The smallest absolute Gasteiger partial charge is 0.338 e. The molecule has 0 radical (unpaired) electrons. The first-order chi connectivity index (χ1) is 17.8. The number of carbonyl (C=O) groups excluding carboxylic acids is 1. The highest BCUT2D eigenvalue weighted by atomic mass is 16.6. The summed E-state index contributed by atoms with van der Waals surface area (Å²) in [4.78, 5) is 22.3. The van der Waals surface area contributed by atoms with Gasteiger partial charge < -0.3 is 19.3 Å². The van der Waals surface area contributed by atoms with Gasteiger partial charge in [0.1, 0.15) is 22.9 Å². The minimum Gasteiger partial charge on any atom is -0.512 e. The number of nitrogens with zero attached hydrogens (tertiary/aromatic N) is 4. The third-order valence-electron chi connectivity index (χ3n) is 7.77. The molecule has 0 saturated heterocycles. The first kappa shape index (κ1) is 25.0. The van der Waals surface area contributed by atoms with Crippen LogP contribution >= 0.6 is 0 Å². The van der Waals surface area contributed by atoms with Crippen molar-refractivity contribution in [3.63, 3.8) is 0 Å². The molecule has 1 N–H and O–H groups in total. The van der Waals surface area contributed by atoms with Crippen LogP contribution in [0.5, 0.6) is 11.5 Å². The van der Waals surface area contributed by atoms with Crippen molar-refractivity contribution in [1.82, 2.24) is 19.6 Å². The Hall–Kier alpha value is -3.62. The molecule has 1 atom stereocenters. The normalized spacial score (nSPS) is 20.5. The minimum atomic E-state index is -0.756. The predicted octanol–water partition coefficient (Wildman–Crippen LogP) is 4.62. The van der Waals surface area contributed by atoms with Crippen LogP contribution in [0.25, 0.3) is 5.78 Å². The number of aromatic nitrogens is 4. The average molecular weight is 507 g/mol. The molecule has 5 rings (SSSR count). The largest absolute Gasteiger partial charge is 0.512 e. The van der Waals surface area contributed by atoms with E-state index in [1.54, 1.807) is 18.7 Å². The number of carbonyl (C=O) groups is 1. The second-order valence-electron chi connectivity index (χ2n) is 10.2. The summed E-state index contributed by atoms with van der Waals surface area (Å²) in [5, 5.41) is 15.7. The minimum absolute atomic E-state index is 0.0737. The zero-order chi connectivity index (χ0) is 26.2. The summed E-state index contributed by atoms with van der Waals surface area (Å²) < 4.78 is 18.8. The molecule has 2 aromatic heterocycles. The Morgan fingerprint density at radius 3 is 2.62 bits per heavy atom. The first-order valence-corrected chi connectivity index (χ1v) is 12.9. The Balaban J connectivity index is 1.41. The third-order valence-corrected chi connectivity index (χ3v) is 7.77. The van der Waals surface area contributed by atoms with Crippen molar-refractivity contribution in [2.75, 3.05) is 14.2 Å². The first-order valence-electron chi connectivity index (χ1n) is 12.9. The van der Waals surface area contributed by atoms with E-state index in [2.05, 4.69) is 15.1 Å². The molecule has 0 spiro atoms. The monoisotopic (exact) mass is 506 g/mol. The molecular formula is C28H34N4O5. The average Bonchev–Trinajstić information content (AvgIpc) is 3.56. The van der Waals surface area contributed by atoms with E-state index in [1.807, 2.05) is 38.1 Å². The van der Waals surface area contributed by atoms with Crippen LogP contribution in [0.4, 0.5) is 0 Å². The number of hydrogen-bond acceptors (Lipinski definition) is 8. The summed E-state index contributed by atoms with van der Waals surface area (Å²) in [5.41, 5.74) is 2.23. The van der Waals surface area contributed by atoms with Crippen LogP contribution in [0.2, 0.25) is 0 Å². The SMILES string of the molecule is COc1ccc(CCC2(C3CCCC3)CC(O)=C(Cc3nc4nc(C)cc(C)n4n3)C(=O)O2)c(OC)c1. The third kappa shape index (κ3) is 4.86. The van der Waals surface area contributed by atoms with Crippen LogP contribution in [0.1, 0.15) is 61.3 Å². The molecule has 0 amide bonds. The fourth-order valence-corrected chi connectivity index (χ4v) is 5.83. The Kier molecular flexibility index (Phi) is 6.79. The molecule has 1 aliphatic heterocycles. The molecule has 0 bridgehead atoms. The molecule has 1 saturated carbocycles. The number of aliphatic hydroxyl groups is 1. The molecular weight excluding hydrogens is 472 g/mol. The summed E-state index contributed by atoms with van der Waals surface area (Å²) in [6, 6.07) is 7.67. The van der Waals surface area contributed by atoms with Gasteiger partial charge in [-0.15, -0.1) is 5.10 Å². The van der Waals surface area contributed by atoms with Crippen LogP contribution in [0.3, 0.4) is 0 Å². The van der Waals surface area contributed by atoms with E-state index < -0.39 is 11.6 Å². The van der Waals surface area contributed by atoms with Gasteiger partial charge in [-0.25, -0.2) is 14.3 Å². The molecule has 1 unspecified atom stereocenters. The number of fused-ring (bicyclic) bond motifs is 1. The Morgan fingerprint density at radius 2 is 1.92 bits per heavy atom. The Bertz CT molecular complexity index is 1360. The predicted molar refractivity (Wildman–Crippen MR) is 137 cm³/mol. The lowest BCUT2D eigenvalue weighted by Gasteiger charge is -2.42. The van der Waals surface area contributed by atoms with Gasteiger partial charge in [-0.1, -0.05) is 18.9 Å². The molecule has 37 heavy (non-hydrogen) atoms. The fraction of sp³-hybridized carbons (Fsp3) is 0.500. The molecule has 3 heterocycles. The molecule has 9 heteroatoms. The number of aliphatic hydroxyl groups excluding tert-OH is 1. The van der Waals surface area contributed by atoms with E-state index in [0.717, 1.165) is 54.1 Å². The van der Waals surface area contributed by atoms with Gasteiger partial charge in [0.2, 0.25) is 0 Å². The quantitative estimate of drug-likeness (QED) is 0.441. The van der Waals surface area contributed by atoms with Gasteiger partial charge in [0, 0.05) is 30.3 Å². The van der Waals surface area contributed by atoms with Crippen LogP contribution in [-0.2, 0) is 22.4 Å². The second-order valence-corrected chi connectivity index (χ2v) is 10.2. The highest BCUT2D eigenvalue weighted by Crippen LogP contribution is 2.46. The molecule has 1 aromatic carbocycles. The van der Waals surface area contributed by atoms with Gasteiger partial charge in [-0.3, -0.25) is 0 Å². The van der Waals surface area contributed by atoms with Crippen LogP contribution in [0, 0.1) is 19.8 Å². The van der Waals surface area contributed by atoms with Gasteiger partial charge in [0.05, 0.1) is 19.8 Å². The van der Waals surface area contributed by atoms with Crippen molar-refractivity contribution < 1.29 is 24.1 Å². The molecule has 1 aliphatic carbocycles. The number of ether oxygens (including phenoxy) is 3. The van der Waals surface area contributed by atoms with Crippen molar-refractivity contribution >= 4 is 11.7 Å². The van der Waals surface area contributed by atoms with E-state index >= 15 is 0 Å². The van der Waals surface area contributed by atoms with E-state index in [1.165, 1.54) is 0 Å². The van der Waals surface area contributed by atoms with Gasteiger partial charge in [-0.05, 0) is 63.1 Å². The highest BCUT2D eigenvalue weighted by molar-refractivity contribution is 5.90. The summed E-state index contributed by atoms with van der Waals surface area (Å²) in [6.45, 7) is 3.83. The number of benzene rings is 1. The van der Waals surface area contributed by atoms with Crippen molar-refractivity contribution in [1.29, 1.82) is 0 Å². The topological polar surface area (TPSA) is 108 Å². The summed E-state index contributed by atoms with van der Waals surface area (Å²) in [6.07, 6.45) is 5.80. The van der Waals surface area contributed by atoms with Crippen LogP contribution < -0.4 is 9.47 Å². The van der Waals surface area contributed by atoms with E-state index in [-0.39, 0.29) is 23.7 Å². The molecule has 196 valence electrons. The van der Waals surface area contributed by atoms with Crippen molar-refractivity contribution in [3.05, 3.63) is 58.4 Å². The lowest BCUT2D eigenvalue weighted by atomic mass is 9.76. The molecule has 2 aliphatic rings. The van der Waals surface area contributed by atoms with E-state index in [4.69, 9.17) is 14.2 Å². The number of hydrogen-bond donors (Lipinski definition) is 1. The zero-order valence-corrected chi connectivity index (χ0v) is 21.9. The summed E-state index contributed by atoms with van der Waals surface area (Å²) in [5.74, 6) is 2.15. The highest BCUT2D eigenvalue weighted by Gasteiger charge is 2.48. The summed E-state index contributed by atoms with van der Waals surface area (Å²) >= 11 is 0.